The van der Waals surface area contributed by atoms with Crippen molar-refractivity contribution >= 4 is 0 Å². The van der Waals surface area contributed by atoms with E-state index in [0.29, 0.717) is 0 Å². The number of aromatic nitrogens is 2. The summed E-state index contributed by atoms with van der Waals surface area (Å²) in [4.78, 5) is 0. The molecule has 0 saturated heterocycles. The summed E-state index contributed by atoms with van der Waals surface area (Å²) >= 11 is 0. The van der Waals surface area contributed by atoms with E-state index >= 15 is 0 Å². The molecule has 0 unspecified atom stereocenters. The van der Waals surface area contributed by atoms with E-state index in [-0.39, 0.29) is 11.8 Å². The van der Waals surface area contributed by atoms with Crippen molar-refractivity contribution in [2.75, 3.05) is 0 Å². The number of ether oxygens (including phenoxy) is 1. The van der Waals surface area contributed by atoms with E-state index in [0.717, 1.165) is 0 Å². The van der Waals surface area contributed by atoms with Crippen LogP contribution in [-0.2, 0) is 0 Å². The van der Waals surface area contributed by atoms with Gasteiger partial charge in [-0.05, 0) is 13.8 Å². The average Bonchev–Trinajstić information content (AvgIpc) is 2.34. The van der Waals surface area contributed by atoms with E-state index in [2.05, 4.69) is 9.84 Å². The van der Waals surface area contributed by atoms with Gasteiger partial charge in [0, 0.05) is 6.04 Å². The highest BCUT2D eigenvalue weighted by Gasteiger charge is 2.07. The van der Waals surface area contributed by atoms with E-state index in [1.54, 1.807) is 4.68 Å². The van der Waals surface area contributed by atoms with E-state index in [4.69, 9.17) is 0 Å². The predicted octanol–water partition coefficient (Wildman–Crippen LogP) is 2.07. The van der Waals surface area contributed by atoms with Crippen LogP contribution in [-0.4, -0.2) is 16.4 Å². The van der Waals surface area contributed by atoms with E-state index in [1.807, 2.05) is 13.8 Å². The Hall–Kier alpha value is -1.13. The molecule has 0 atom stereocenters. The molecule has 5 heteroatoms. The number of hydrogen-bond donors (Lipinski definition) is 0. The smallest absolute Gasteiger partial charge is 0.387 e. The molecule has 0 amide bonds. The normalized spacial score (nSPS) is 11.2. The molecule has 0 radical (unpaired) electrons. The quantitative estimate of drug-likeness (QED) is 0.704. The Morgan fingerprint density at radius 3 is 2.58 bits per heavy atom. The summed E-state index contributed by atoms with van der Waals surface area (Å²) in [5.74, 6) is 0.0960. The maximum Gasteiger partial charge on any atom is 0.387 e. The minimum Gasteiger partial charge on any atom is -0.431 e. The number of hydrogen-bond acceptors (Lipinski definition) is 2. The Morgan fingerprint density at radius 2 is 2.17 bits per heavy atom. The molecule has 1 aromatic heterocycles. The first-order valence-corrected chi connectivity index (χ1v) is 3.58. The van der Waals surface area contributed by atoms with Gasteiger partial charge in [0.2, 0.25) is 0 Å². The molecule has 3 nitrogen and oxygen atoms in total. The highest BCUT2D eigenvalue weighted by molar-refractivity contribution is 5.11. The van der Waals surface area contributed by atoms with E-state index < -0.39 is 6.61 Å². The van der Waals surface area contributed by atoms with Gasteiger partial charge in [0.25, 0.3) is 0 Å². The zero-order valence-corrected chi connectivity index (χ0v) is 6.87. The molecular weight excluding hydrogens is 166 g/mol. The van der Waals surface area contributed by atoms with Crippen LogP contribution in [0.3, 0.4) is 0 Å². The van der Waals surface area contributed by atoms with Crippen molar-refractivity contribution in [3.05, 3.63) is 12.4 Å². The van der Waals surface area contributed by atoms with Gasteiger partial charge in [-0.3, -0.25) is 4.68 Å². The van der Waals surface area contributed by atoms with Gasteiger partial charge in [-0.1, -0.05) is 0 Å². The Bertz CT molecular complexity index is 247. The topological polar surface area (TPSA) is 27.1 Å². The fourth-order valence-corrected chi connectivity index (χ4v) is 0.767. The van der Waals surface area contributed by atoms with Crippen LogP contribution in [0.4, 0.5) is 8.78 Å². The summed E-state index contributed by atoms with van der Waals surface area (Å²) in [6, 6.07) is 0.153. The Balaban J connectivity index is 2.64. The molecule has 0 fully saturated rings. The lowest BCUT2D eigenvalue weighted by Gasteiger charge is -2.03. The molecule has 0 aromatic carbocycles. The lowest BCUT2D eigenvalue weighted by Crippen LogP contribution is -2.02. The lowest BCUT2D eigenvalue weighted by molar-refractivity contribution is -0.0499. The maximum absolute atomic E-state index is 11.7. The summed E-state index contributed by atoms with van der Waals surface area (Å²) in [6.07, 6.45) is 2.71. The highest BCUT2D eigenvalue weighted by atomic mass is 19.3. The van der Waals surface area contributed by atoms with Gasteiger partial charge < -0.3 is 4.74 Å². The molecular formula is C7H10F2N2O. The molecule has 68 valence electrons. The summed E-state index contributed by atoms with van der Waals surface area (Å²) < 4.78 is 29.0. The van der Waals surface area contributed by atoms with Gasteiger partial charge in [-0.15, -0.1) is 0 Å². The molecule has 0 N–H and O–H groups in total. The minimum absolute atomic E-state index is 0.0960. The first-order valence-electron chi connectivity index (χ1n) is 3.58. The van der Waals surface area contributed by atoms with Gasteiger partial charge in [-0.25, -0.2) is 0 Å². The van der Waals surface area contributed by atoms with Gasteiger partial charge >= 0.3 is 6.61 Å². The second kappa shape index (κ2) is 3.51. The van der Waals surface area contributed by atoms with Crippen molar-refractivity contribution in [3.8, 4) is 5.75 Å². The van der Waals surface area contributed by atoms with Crippen molar-refractivity contribution in [3.63, 3.8) is 0 Å². The summed E-state index contributed by atoms with van der Waals surface area (Å²) in [7, 11) is 0. The lowest BCUT2D eigenvalue weighted by atomic mass is 10.4. The highest BCUT2D eigenvalue weighted by Crippen LogP contribution is 2.14. The third kappa shape index (κ3) is 2.18. The van der Waals surface area contributed by atoms with E-state index in [1.165, 1.54) is 12.4 Å². The second-order valence-corrected chi connectivity index (χ2v) is 2.63. The molecule has 0 bridgehead atoms. The van der Waals surface area contributed by atoms with Crippen molar-refractivity contribution in [2.24, 2.45) is 0 Å². The largest absolute Gasteiger partial charge is 0.431 e. The van der Waals surface area contributed by atoms with Gasteiger partial charge in [0.15, 0.2) is 5.75 Å². The molecule has 1 aromatic rings. The molecule has 0 saturated carbocycles. The van der Waals surface area contributed by atoms with Crippen LogP contribution in [0.15, 0.2) is 12.4 Å². The third-order valence-corrected chi connectivity index (χ3v) is 1.33. The molecule has 0 aliphatic carbocycles. The van der Waals surface area contributed by atoms with E-state index in [9.17, 15) is 8.78 Å². The number of nitrogens with zero attached hydrogens (tertiary/aromatic N) is 2. The molecule has 0 aliphatic rings. The summed E-state index contributed by atoms with van der Waals surface area (Å²) in [5, 5.41) is 3.83. The van der Waals surface area contributed by atoms with Crippen LogP contribution in [0.2, 0.25) is 0 Å². The van der Waals surface area contributed by atoms with Crippen LogP contribution in [0.5, 0.6) is 5.75 Å². The van der Waals surface area contributed by atoms with Crippen LogP contribution < -0.4 is 4.74 Å². The van der Waals surface area contributed by atoms with Crippen molar-refractivity contribution in [2.45, 2.75) is 26.5 Å². The molecule has 1 heterocycles. The predicted molar refractivity (Wildman–Crippen MR) is 39.2 cm³/mol. The maximum atomic E-state index is 11.7. The zero-order valence-electron chi connectivity index (χ0n) is 6.87. The Morgan fingerprint density at radius 1 is 1.50 bits per heavy atom. The Kier molecular flexibility index (Phi) is 2.62. The zero-order chi connectivity index (χ0) is 9.14. The standard InChI is InChI=1S/C7H10F2N2O/c1-5(2)11-4-6(3-10-11)12-7(8)9/h3-5,7H,1-2H3. The average molecular weight is 176 g/mol. The summed E-state index contributed by atoms with van der Waals surface area (Å²) in [5.41, 5.74) is 0. The van der Waals surface area contributed by atoms with Crippen LogP contribution in [0.1, 0.15) is 19.9 Å². The molecule has 0 aliphatic heterocycles. The molecule has 1 rings (SSSR count). The van der Waals surface area contributed by atoms with Crippen molar-refractivity contribution in [1.29, 1.82) is 0 Å². The van der Waals surface area contributed by atoms with Gasteiger partial charge in [0.05, 0.1) is 12.4 Å². The fourth-order valence-electron chi connectivity index (χ4n) is 0.767. The molecule has 12 heavy (non-hydrogen) atoms. The minimum atomic E-state index is -2.78. The second-order valence-electron chi connectivity index (χ2n) is 2.63. The van der Waals surface area contributed by atoms with Crippen LogP contribution >= 0.6 is 0 Å². The SMILES string of the molecule is CC(C)n1cc(OC(F)F)cn1. The monoisotopic (exact) mass is 176 g/mol. The fraction of sp³-hybridized carbons (Fsp3) is 0.571. The number of alkyl halides is 2. The first-order chi connectivity index (χ1) is 5.59. The Labute approximate surface area is 68.9 Å². The summed E-state index contributed by atoms with van der Waals surface area (Å²) in [6.45, 7) is 1.02. The van der Waals surface area contributed by atoms with Crippen molar-refractivity contribution in [1.82, 2.24) is 9.78 Å². The first kappa shape index (κ1) is 8.96. The van der Waals surface area contributed by atoms with Gasteiger partial charge in [0.1, 0.15) is 0 Å². The van der Waals surface area contributed by atoms with Gasteiger partial charge in [-0.2, -0.15) is 13.9 Å². The number of rotatable bonds is 3. The molecule has 0 spiro atoms. The van der Waals surface area contributed by atoms with Crippen LogP contribution in [0.25, 0.3) is 0 Å². The number of halogens is 2. The third-order valence-electron chi connectivity index (χ3n) is 1.33. The van der Waals surface area contributed by atoms with Crippen LogP contribution in [0, 0.1) is 0 Å². The van der Waals surface area contributed by atoms with Crippen molar-refractivity contribution < 1.29 is 13.5 Å².